The summed E-state index contributed by atoms with van der Waals surface area (Å²) in [7, 11) is 0. The molecule has 5 rings (SSSR count). The molecule has 1 saturated carbocycles. The standard InChI is InChI=1S/C24H26N6/c1-4-10-18(11-5-1)16-25-22-21-23(30(17-26-21)20-14-8-3-9-15-20)29-24(28-22)27-19-12-6-2-7-13-19/h1-2,4-7,10-13,17,20H,3,8-9,14-16H2,(H2,25,27,28,29). The smallest absolute Gasteiger partial charge is 0.231 e. The zero-order valence-electron chi connectivity index (χ0n) is 17.0. The summed E-state index contributed by atoms with van der Waals surface area (Å²) in [5, 5.41) is 6.83. The lowest BCUT2D eigenvalue weighted by molar-refractivity contribution is 0.358. The van der Waals surface area contributed by atoms with Crippen LogP contribution in [-0.4, -0.2) is 19.5 Å². The Bertz CT molecular complexity index is 1100. The topological polar surface area (TPSA) is 67.7 Å². The summed E-state index contributed by atoms with van der Waals surface area (Å²) in [5.41, 5.74) is 3.89. The maximum absolute atomic E-state index is 4.86. The number of imidazole rings is 1. The van der Waals surface area contributed by atoms with E-state index >= 15 is 0 Å². The minimum absolute atomic E-state index is 0.463. The molecule has 6 heteroatoms. The summed E-state index contributed by atoms with van der Waals surface area (Å²) >= 11 is 0. The average molecular weight is 399 g/mol. The van der Waals surface area contributed by atoms with Gasteiger partial charge >= 0.3 is 0 Å². The van der Waals surface area contributed by atoms with Gasteiger partial charge in [-0.1, -0.05) is 67.8 Å². The first-order valence-corrected chi connectivity index (χ1v) is 10.7. The van der Waals surface area contributed by atoms with Crippen molar-refractivity contribution in [1.82, 2.24) is 19.5 Å². The van der Waals surface area contributed by atoms with Gasteiger partial charge in [0.15, 0.2) is 17.0 Å². The fraction of sp³-hybridized carbons (Fsp3) is 0.292. The Morgan fingerprint density at radius 1 is 0.867 bits per heavy atom. The molecule has 0 amide bonds. The molecular formula is C24H26N6. The molecule has 0 bridgehead atoms. The Labute approximate surface area is 176 Å². The number of hydrogen-bond donors (Lipinski definition) is 2. The van der Waals surface area contributed by atoms with E-state index in [4.69, 9.17) is 15.0 Å². The van der Waals surface area contributed by atoms with Gasteiger partial charge in [0.1, 0.15) is 0 Å². The third-order valence-electron chi connectivity index (χ3n) is 5.72. The molecule has 2 heterocycles. The van der Waals surface area contributed by atoms with Crippen LogP contribution in [0.1, 0.15) is 43.7 Å². The second kappa shape index (κ2) is 8.53. The number of para-hydroxylation sites is 1. The molecule has 0 unspecified atom stereocenters. The first kappa shape index (κ1) is 18.6. The van der Waals surface area contributed by atoms with Crippen molar-refractivity contribution in [3.05, 3.63) is 72.6 Å². The van der Waals surface area contributed by atoms with Gasteiger partial charge in [0, 0.05) is 18.3 Å². The highest BCUT2D eigenvalue weighted by Gasteiger charge is 2.21. The molecule has 30 heavy (non-hydrogen) atoms. The molecule has 1 aliphatic rings. The normalized spacial score (nSPS) is 14.7. The van der Waals surface area contributed by atoms with Crippen molar-refractivity contribution in [1.29, 1.82) is 0 Å². The second-order valence-electron chi connectivity index (χ2n) is 7.84. The lowest BCUT2D eigenvalue weighted by Crippen LogP contribution is -2.13. The van der Waals surface area contributed by atoms with Crippen molar-refractivity contribution >= 4 is 28.6 Å². The summed E-state index contributed by atoms with van der Waals surface area (Å²) < 4.78 is 2.25. The zero-order chi connectivity index (χ0) is 20.2. The molecule has 6 nitrogen and oxygen atoms in total. The van der Waals surface area contributed by atoms with Crippen molar-refractivity contribution in [2.75, 3.05) is 10.6 Å². The first-order valence-electron chi connectivity index (χ1n) is 10.7. The van der Waals surface area contributed by atoms with Crippen molar-refractivity contribution in [2.24, 2.45) is 0 Å². The molecule has 1 fully saturated rings. The van der Waals surface area contributed by atoms with Crippen LogP contribution in [0, 0.1) is 0 Å². The Morgan fingerprint density at radius 3 is 2.37 bits per heavy atom. The van der Waals surface area contributed by atoms with E-state index in [1.54, 1.807) is 0 Å². The van der Waals surface area contributed by atoms with Gasteiger partial charge < -0.3 is 15.2 Å². The highest BCUT2D eigenvalue weighted by Crippen LogP contribution is 2.32. The summed E-state index contributed by atoms with van der Waals surface area (Å²) in [4.78, 5) is 14.3. The van der Waals surface area contributed by atoms with Gasteiger partial charge in [-0.2, -0.15) is 9.97 Å². The number of rotatable bonds is 6. The van der Waals surface area contributed by atoms with E-state index in [1.165, 1.54) is 37.7 Å². The average Bonchev–Trinajstić information content (AvgIpc) is 3.23. The minimum Gasteiger partial charge on any atom is -0.364 e. The minimum atomic E-state index is 0.463. The monoisotopic (exact) mass is 398 g/mol. The quantitative estimate of drug-likeness (QED) is 0.437. The number of anilines is 3. The maximum atomic E-state index is 4.86. The Morgan fingerprint density at radius 2 is 1.60 bits per heavy atom. The van der Waals surface area contributed by atoms with E-state index in [2.05, 4.69) is 27.3 Å². The number of benzene rings is 2. The Kier molecular flexibility index (Phi) is 5.29. The highest BCUT2D eigenvalue weighted by atomic mass is 15.2. The number of nitrogens with one attached hydrogen (secondary N) is 2. The largest absolute Gasteiger partial charge is 0.364 e. The molecule has 0 saturated heterocycles. The van der Waals surface area contributed by atoms with Crippen LogP contribution in [0.25, 0.3) is 11.2 Å². The number of hydrogen-bond acceptors (Lipinski definition) is 5. The third kappa shape index (κ3) is 3.99. The SMILES string of the molecule is c1ccc(CNc2nc(Nc3ccccc3)nc3c2ncn3C2CCCCC2)cc1. The molecule has 0 spiro atoms. The molecular weight excluding hydrogens is 372 g/mol. The van der Waals surface area contributed by atoms with Crippen LogP contribution in [0.2, 0.25) is 0 Å². The fourth-order valence-electron chi connectivity index (χ4n) is 4.15. The van der Waals surface area contributed by atoms with E-state index in [1.807, 2.05) is 54.9 Å². The fourth-order valence-corrected chi connectivity index (χ4v) is 4.15. The number of nitrogens with zero attached hydrogens (tertiary/aromatic N) is 4. The molecule has 4 aromatic rings. The van der Waals surface area contributed by atoms with Crippen LogP contribution in [0.4, 0.5) is 17.5 Å². The van der Waals surface area contributed by atoms with Crippen molar-refractivity contribution < 1.29 is 0 Å². The van der Waals surface area contributed by atoms with Crippen LogP contribution >= 0.6 is 0 Å². The molecule has 152 valence electrons. The zero-order valence-corrected chi connectivity index (χ0v) is 17.0. The second-order valence-corrected chi connectivity index (χ2v) is 7.84. The van der Waals surface area contributed by atoms with E-state index in [9.17, 15) is 0 Å². The van der Waals surface area contributed by atoms with Gasteiger partial charge in [0.05, 0.1) is 6.33 Å². The van der Waals surface area contributed by atoms with Gasteiger partial charge in [-0.3, -0.25) is 0 Å². The van der Waals surface area contributed by atoms with Crippen LogP contribution in [-0.2, 0) is 6.54 Å². The van der Waals surface area contributed by atoms with Gasteiger partial charge in [0.25, 0.3) is 0 Å². The maximum Gasteiger partial charge on any atom is 0.231 e. The number of aromatic nitrogens is 4. The van der Waals surface area contributed by atoms with Crippen LogP contribution < -0.4 is 10.6 Å². The molecule has 0 radical (unpaired) electrons. The third-order valence-corrected chi connectivity index (χ3v) is 5.72. The van der Waals surface area contributed by atoms with Gasteiger partial charge in [-0.05, 0) is 30.5 Å². The van der Waals surface area contributed by atoms with E-state index in [0.29, 0.717) is 18.5 Å². The van der Waals surface area contributed by atoms with Crippen LogP contribution in [0.3, 0.4) is 0 Å². The van der Waals surface area contributed by atoms with Crippen LogP contribution in [0.5, 0.6) is 0 Å². The Balaban J connectivity index is 1.51. The summed E-state index contributed by atoms with van der Waals surface area (Å²) in [5.74, 6) is 1.35. The number of fused-ring (bicyclic) bond motifs is 1. The molecule has 0 atom stereocenters. The Hall–Kier alpha value is -3.41. The van der Waals surface area contributed by atoms with E-state index < -0.39 is 0 Å². The predicted octanol–water partition coefficient (Wildman–Crippen LogP) is 5.69. The van der Waals surface area contributed by atoms with Gasteiger partial charge in [-0.25, -0.2) is 4.98 Å². The summed E-state index contributed by atoms with van der Waals surface area (Å²) in [6, 6.07) is 20.8. The lowest BCUT2D eigenvalue weighted by Gasteiger charge is -2.23. The molecule has 2 N–H and O–H groups in total. The van der Waals surface area contributed by atoms with Gasteiger partial charge in [0.2, 0.25) is 5.95 Å². The van der Waals surface area contributed by atoms with E-state index in [-0.39, 0.29) is 0 Å². The van der Waals surface area contributed by atoms with Gasteiger partial charge in [-0.15, -0.1) is 0 Å². The summed E-state index contributed by atoms with van der Waals surface area (Å²) in [6.07, 6.45) is 8.17. The molecule has 2 aromatic carbocycles. The first-order chi connectivity index (χ1) is 14.9. The predicted molar refractivity (Wildman–Crippen MR) is 121 cm³/mol. The highest BCUT2D eigenvalue weighted by molar-refractivity contribution is 5.84. The van der Waals surface area contributed by atoms with Crippen molar-refractivity contribution in [2.45, 2.75) is 44.7 Å². The molecule has 1 aliphatic carbocycles. The summed E-state index contributed by atoms with van der Waals surface area (Å²) in [6.45, 7) is 0.689. The molecule has 0 aliphatic heterocycles. The van der Waals surface area contributed by atoms with Crippen LogP contribution in [0.15, 0.2) is 67.0 Å². The van der Waals surface area contributed by atoms with Crippen molar-refractivity contribution in [3.8, 4) is 0 Å². The van der Waals surface area contributed by atoms with Crippen molar-refractivity contribution in [3.63, 3.8) is 0 Å². The molecule has 2 aromatic heterocycles. The lowest BCUT2D eigenvalue weighted by atomic mass is 9.95. The van der Waals surface area contributed by atoms with E-state index in [0.717, 1.165) is 22.7 Å².